The van der Waals surface area contributed by atoms with Crippen molar-refractivity contribution in [1.82, 2.24) is 0 Å². The number of hydrogen-bond donors (Lipinski definition) is 0. The second-order valence-corrected chi connectivity index (χ2v) is 16.6. The van der Waals surface area contributed by atoms with Crippen molar-refractivity contribution in [3.05, 3.63) is 177 Å². The van der Waals surface area contributed by atoms with E-state index in [2.05, 4.69) is 146 Å². The van der Waals surface area contributed by atoms with Gasteiger partial charge in [0.1, 0.15) is 0 Å². The summed E-state index contributed by atoms with van der Waals surface area (Å²) < 4.78 is 1.12. The Labute approximate surface area is 300 Å². The Morgan fingerprint density at radius 2 is 0.809 bits per heavy atom. The summed E-state index contributed by atoms with van der Waals surface area (Å²) in [5, 5.41) is 5.56. The molecule has 0 aliphatic heterocycles. The molecule has 4 aliphatic carbocycles. The third-order valence-electron chi connectivity index (χ3n) is 10.4. The zero-order valence-electron chi connectivity index (χ0n) is 25.7. The van der Waals surface area contributed by atoms with Crippen LogP contribution in [0.25, 0.3) is 57.0 Å². The maximum atomic E-state index is 2.55. The smallest absolute Gasteiger partial charge is 1.00 e. The van der Waals surface area contributed by atoms with E-state index in [1.807, 2.05) is 0 Å². The third kappa shape index (κ3) is 4.90. The molecule has 0 fully saturated rings. The van der Waals surface area contributed by atoms with E-state index in [0.717, 1.165) is 12.8 Å². The average molecular weight is 721 g/mol. The van der Waals surface area contributed by atoms with Crippen LogP contribution in [0.5, 0.6) is 0 Å². The number of allylic oxidation sites excluding steroid dienone is 4. The normalized spacial score (nSPS) is 17.6. The monoisotopic (exact) mass is 718 g/mol. The fourth-order valence-corrected chi connectivity index (χ4v) is 13.4. The van der Waals surface area contributed by atoms with Crippen molar-refractivity contribution in [2.45, 2.75) is 20.1 Å². The largest absolute Gasteiger partial charge is 1.00 e. The van der Waals surface area contributed by atoms with Gasteiger partial charge < -0.3 is 24.8 Å². The summed E-state index contributed by atoms with van der Waals surface area (Å²) in [6.07, 6.45) is 12.1. The first-order valence-corrected chi connectivity index (χ1v) is 18.9. The van der Waals surface area contributed by atoms with Crippen molar-refractivity contribution < 1.29 is 48.0 Å². The molecule has 10 rings (SSSR count). The van der Waals surface area contributed by atoms with Crippen molar-refractivity contribution in [2.24, 2.45) is 0 Å². The Kier molecular flexibility index (Phi) is 7.84. The van der Waals surface area contributed by atoms with E-state index in [9.17, 15) is 0 Å². The molecule has 0 bridgehead atoms. The van der Waals surface area contributed by atoms with Crippen LogP contribution in [0.3, 0.4) is 0 Å². The van der Waals surface area contributed by atoms with Crippen molar-refractivity contribution in [2.75, 3.05) is 0 Å². The second kappa shape index (κ2) is 12.1. The topological polar surface area (TPSA) is 0 Å². The van der Waals surface area contributed by atoms with E-state index in [-0.39, 0.29) is 24.8 Å². The summed E-state index contributed by atoms with van der Waals surface area (Å²) >= 11 is -1.04. The molecule has 0 saturated carbocycles. The molecular formula is C44H30Cl2Zr. The molecule has 6 aromatic rings. The average Bonchev–Trinajstić information content (AvgIpc) is 3.82. The minimum absolute atomic E-state index is 0. The standard InChI is InChI=1S/2C22H15.2ClH.Zr/c2*1-2-6-18-12-15(11-17(18)5-1)13-20-14-19-9-3-7-16-8-4-10-21(20)22(16)19;;;/h2*1-12,14H,13H2;2*1H;/q;;;;+2/p-2. The number of fused-ring (bicyclic) bond motifs is 2. The van der Waals surface area contributed by atoms with Crippen LogP contribution < -0.4 is 24.8 Å². The Bertz CT molecular complexity index is 2200. The first-order valence-electron chi connectivity index (χ1n) is 16.1. The summed E-state index contributed by atoms with van der Waals surface area (Å²) in [7, 11) is 0. The third-order valence-corrected chi connectivity index (χ3v) is 15.4. The molecule has 0 N–H and O–H groups in total. The minimum atomic E-state index is -1.04. The van der Waals surface area contributed by atoms with Gasteiger partial charge in [-0.2, -0.15) is 0 Å². The quantitative estimate of drug-likeness (QED) is 0.212. The van der Waals surface area contributed by atoms with Crippen LogP contribution in [-0.2, 0) is 23.2 Å². The summed E-state index contributed by atoms with van der Waals surface area (Å²) in [6, 6.07) is 45.6. The van der Waals surface area contributed by atoms with Gasteiger partial charge in [-0.15, -0.1) is 0 Å². The van der Waals surface area contributed by atoms with Gasteiger partial charge >= 0.3 is 277 Å². The van der Waals surface area contributed by atoms with Gasteiger partial charge in [0.25, 0.3) is 0 Å². The van der Waals surface area contributed by atoms with Crippen LogP contribution in [0.1, 0.15) is 64.6 Å². The Balaban J connectivity index is 0.00000162. The van der Waals surface area contributed by atoms with E-state index in [1.165, 1.54) is 66.1 Å². The van der Waals surface area contributed by atoms with E-state index >= 15 is 0 Å². The van der Waals surface area contributed by atoms with Crippen molar-refractivity contribution in [1.29, 1.82) is 0 Å². The van der Waals surface area contributed by atoms with Gasteiger partial charge in [-0.3, -0.25) is 0 Å². The van der Waals surface area contributed by atoms with E-state index in [0.29, 0.717) is 7.25 Å². The van der Waals surface area contributed by atoms with Crippen LogP contribution in [-0.4, -0.2) is 0 Å². The summed E-state index contributed by atoms with van der Waals surface area (Å²) in [4.78, 5) is 0. The van der Waals surface area contributed by atoms with Crippen molar-refractivity contribution in [3.63, 3.8) is 0 Å². The zero-order valence-corrected chi connectivity index (χ0v) is 29.7. The van der Waals surface area contributed by atoms with Crippen LogP contribution in [0.4, 0.5) is 0 Å². The van der Waals surface area contributed by atoms with Gasteiger partial charge in [0.2, 0.25) is 0 Å². The van der Waals surface area contributed by atoms with Crippen molar-refractivity contribution >= 4 is 57.0 Å². The molecule has 47 heavy (non-hydrogen) atoms. The summed E-state index contributed by atoms with van der Waals surface area (Å²) in [5.74, 6) is 0. The Morgan fingerprint density at radius 3 is 1.28 bits per heavy atom. The van der Waals surface area contributed by atoms with Gasteiger partial charge in [-0.25, -0.2) is 0 Å². The second-order valence-electron chi connectivity index (χ2n) is 12.9. The molecule has 2 atom stereocenters. The van der Waals surface area contributed by atoms with Crippen molar-refractivity contribution in [3.8, 4) is 0 Å². The van der Waals surface area contributed by atoms with Crippen LogP contribution in [0, 0.1) is 0 Å². The fourth-order valence-electron chi connectivity index (χ4n) is 8.42. The van der Waals surface area contributed by atoms with Gasteiger partial charge in [0.15, 0.2) is 0 Å². The molecule has 0 heterocycles. The first kappa shape index (κ1) is 30.6. The Hall–Kier alpha value is -3.74. The molecule has 3 heteroatoms. The van der Waals surface area contributed by atoms with Gasteiger partial charge in [0, 0.05) is 0 Å². The molecule has 6 aromatic carbocycles. The molecule has 0 nitrogen and oxygen atoms in total. The minimum Gasteiger partial charge on any atom is -1.00 e. The van der Waals surface area contributed by atoms with Crippen LogP contribution in [0.15, 0.2) is 132 Å². The molecule has 0 radical (unpaired) electrons. The molecule has 0 saturated heterocycles. The summed E-state index contributed by atoms with van der Waals surface area (Å²) in [5.41, 5.74) is 17.8. The predicted octanol–water partition coefficient (Wildman–Crippen LogP) is 5.55. The number of benzene rings is 6. The SMILES string of the molecule is C1=C(CC2=Cc3ccccc3[CH]2[Zr+2][CH]2C(CC3=Cc4cccc5cccc3c45)=Cc3ccccc32)c2cccc3cccc1c23.[Cl-].[Cl-]. The zero-order chi connectivity index (χ0) is 29.5. The van der Waals surface area contributed by atoms with Crippen LogP contribution >= 0.6 is 0 Å². The molecule has 0 amide bonds. The molecule has 0 spiro atoms. The van der Waals surface area contributed by atoms with E-state index in [4.69, 9.17) is 0 Å². The maximum Gasteiger partial charge on any atom is -1.00 e. The number of rotatable bonds is 6. The molecule has 2 unspecified atom stereocenters. The Morgan fingerprint density at radius 1 is 0.404 bits per heavy atom. The van der Waals surface area contributed by atoms with E-state index < -0.39 is 23.2 Å². The molecule has 0 aromatic heterocycles. The number of hydrogen-bond acceptors (Lipinski definition) is 0. The van der Waals surface area contributed by atoms with Crippen LogP contribution in [0.2, 0.25) is 0 Å². The van der Waals surface area contributed by atoms with Gasteiger partial charge in [-0.1, -0.05) is 0 Å². The fraction of sp³-hybridized carbons (Fsp3) is 0.0909. The molecule has 4 aliphatic rings. The predicted molar refractivity (Wildman–Crippen MR) is 187 cm³/mol. The first-order chi connectivity index (χ1) is 22.3. The molecule has 224 valence electrons. The van der Waals surface area contributed by atoms with E-state index in [1.54, 1.807) is 22.3 Å². The van der Waals surface area contributed by atoms with Gasteiger partial charge in [-0.05, 0) is 0 Å². The van der Waals surface area contributed by atoms with Gasteiger partial charge in [0.05, 0.1) is 0 Å². The summed E-state index contributed by atoms with van der Waals surface area (Å²) in [6.45, 7) is 0. The number of halogens is 2. The molecular weight excluding hydrogens is 691 g/mol. The maximum absolute atomic E-state index is 2.55.